The Labute approximate surface area is 180 Å². The molecule has 0 bridgehead atoms. The molecule has 9 heteroatoms. The van der Waals surface area contributed by atoms with Gasteiger partial charge in [0.15, 0.2) is 0 Å². The normalized spacial score (nSPS) is 18.1. The predicted molar refractivity (Wildman–Crippen MR) is 115 cm³/mol. The molecule has 2 amide bonds. The zero-order chi connectivity index (χ0) is 21.3. The first kappa shape index (κ1) is 21.0. The van der Waals surface area contributed by atoms with Crippen LogP contribution in [0.2, 0.25) is 0 Å². The number of fused-ring (bicyclic) bond motifs is 1. The van der Waals surface area contributed by atoms with Crippen LogP contribution in [-0.4, -0.2) is 55.1 Å². The van der Waals surface area contributed by atoms with Crippen LogP contribution >= 0.6 is 11.3 Å². The summed E-state index contributed by atoms with van der Waals surface area (Å²) in [4.78, 5) is 27.3. The van der Waals surface area contributed by atoms with Crippen molar-refractivity contribution in [2.75, 3.05) is 19.6 Å². The summed E-state index contributed by atoms with van der Waals surface area (Å²) < 4.78 is 27.9. The second-order valence-electron chi connectivity index (χ2n) is 7.75. The van der Waals surface area contributed by atoms with E-state index in [4.69, 9.17) is 0 Å². The number of carbonyl (C=O) groups is 2. The number of hydrogen-bond donors (Lipinski definition) is 1. The zero-order valence-corrected chi connectivity index (χ0v) is 18.5. The largest absolute Gasteiger partial charge is 0.353 e. The van der Waals surface area contributed by atoms with Crippen molar-refractivity contribution >= 4 is 33.2 Å². The number of thiophene rings is 1. The molecule has 3 heterocycles. The molecule has 2 aromatic rings. The molecule has 1 N–H and O–H groups in total. The fourth-order valence-corrected chi connectivity index (χ4v) is 6.42. The SMILES string of the molecule is CC(=O)NC1CCN(C(=O)c2cccc(S(=O)(=O)N3CCc4sccc4C3)c2)CC1. The quantitative estimate of drug-likeness (QED) is 0.779. The van der Waals surface area contributed by atoms with Gasteiger partial charge in [-0.15, -0.1) is 11.3 Å². The summed E-state index contributed by atoms with van der Waals surface area (Å²) in [5, 5.41) is 4.89. The molecule has 0 atom stereocenters. The van der Waals surface area contributed by atoms with E-state index in [2.05, 4.69) is 5.32 Å². The second kappa shape index (κ2) is 8.49. The van der Waals surface area contributed by atoms with Crippen LogP contribution < -0.4 is 5.32 Å². The van der Waals surface area contributed by atoms with Gasteiger partial charge in [0.25, 0.3) is 5.91 Å². The van der Waals surface area contributed by atoms with E-state index >= 15 is 0 Å². The molecule has 0 saturated carbocycles. The minimum atomic E-state index is -3.67. The van der Waals surface area contributed by atoms with E-state index in [1.807, 2.05) is 11.4 Å². The molecule has 2 aliphatic heterocycles. The van der Waals surface area contributed by atoms with E-state index in [0.29, 0.717) is 51.0 Å². The number of piperidine rings is 1. The van der Waals surface area contributed by atoms with Gasteiger partial charge in [-0.2, -0.15) is 4.31 Å². The van der Waals surface area contributed by atoms with Crippen LogP contribution in [0.1, 0.15) is 40.6 Å². The number of hydrogen-bond acceptors (Lipinski definition) is 5. The Morgan fingerprint density at radius 1 is 1.13 bits per heavy atom. The lowest BCUT2D eigenvalue weighted by atomic mass is 10.0. The average molecular weight is 448 g/mol. The second-order valence-corrected chi connectivity index (χ2v) is 10.7. The Bertz CT molecular complexity index is 1060. The van der Waals surface area contributed by atoms with Crippen molar-refractivity contribution in [2.45, 2.75) is 43.7 Å². The Hall–Kier alpha value is -2.23. The number of rotatable bonds is 4. The van der Waals surface area contributed by atoms with Gasteiger partial charge in [-0.25, -0.2) is 8.42 Å². The summed E-state index contributed by atoms with van der Waals surface area (Å²) in [5.74, 6) is -0.239. The fraction of sp³-hybridized carbons (Fsp3) is 0.429. The molecule has 0 radical (unpaired) electrons. The van der Waals surface area contributed by atoms with E-state index in [-0.39, 0.29) is 22.8 Å². The van der Waals surface area contributed by atoms with E-state index in [0.717, 1.165) is 5.56 Å². The molecule has 1 aromatic carbocycles. The molecule has 0 unspecified atom stereocenters. The molecular weight excluding hydrogens is 422 g/mol. The van der Waals surface area contributed by atoms with E-state index < -0.39 is 10.0 Å². The molecule has 2 aliphatic rings. The molecule has 7 nitrogen and oxygen atoms in total. The standard InChI is InChI=1S/C21H25N3O4S2/c1-15(25)22-18-5-9-23(10-6-18)21(26)16-3-2-4-19(13-16)30(27,28)24-11-7-20-17(14-24)8-12-29-20/h2-4,8,12-13,18H,5-7,9-11,14H2,1H3,(H,22,25). The molecular formula is C21H25N3O4S2. The summed E-state index contributed by atoms with van der Waals surface area (Å²) in [7, 11) is -3.67. The van der Waals surface area contributed by atoms with Gasteiger partial charge < -0.3 is 10.2 Å². The Morgan fingerprint density at radius 3 is 2.63 bits per heavy atom. The third-order valence-corrected chi connectivity index (χ3v) is 8.55. The summed E-state index contributed by atoms with van der Waals surface area (Å²) >= 11 is 1.66. The van der Waals surface area contributed by atoms with E-state index in [1.165, 1.54) is 22.2 Å². The molecule has 1 saturated heterocycles. The predicted octanol–water partition coefficient (Wildman–Crippen LogP) is 2.24. The first-order valence-corrected chi connectivity index (χ1v) is 12.4. The summed E-state index contributed by atoms with van der Waals surface area (Å²) in [5.41, 5.74) is 1.44. The molecule has 1 aromatic heterocycles. The maximum Gasteiger partial charge on any atom is 0.253 e. The van der Waals surface area contributed by atoms with E-state index in [1.54, 1.807) is 34.4 Å². The smallest absolute Gasteiger partial charge is 0.253 e. The number of nitrogens with zero attached hydrogens (tertiary/aromatic N) is 2. The van der Waals surface area contributed by atoms with Crippen LogP contribution in [0, 0.1) is 0 Å². The monoisotopic (exact) mass is 447 g/mol. The summed E-state index contributed by atoms with van der Waals surface area (Å²) in [6.45, 7) is 3.38. The Kier molecular flexibility index (Phi) is 5.95. The Balaban J connectivity index is 1.47. The minimum absolute atomic E-state index is 0.0648. The van der Waals surface area contributed by atoms with Crippen molar-refractivity contribution in [2.24, 2.45) is 0 Å². The highest BCUT2D eigenvalue weighted by atomic mass is 32.2. The third-order valence-electron chi connectivity index (χ3n) is 5.68. The minimum Gasteiger partial charge on any atom is -0.353 e. The van der Waals surface area contributed by atoms with Crippen LogP contribution in [0.15, 0.2) is 40.6 Å². The lowest BCUT2D eigenvalue weighted by Gasteiger charge is -2.32. The average Bonchev–Trinajstić information content (AvgIpc) is 3.21. The van der Waals surface area contributed by atoms with Crippen molar-refractivity contribution < 1.29 is 18.0 Å². The Morgan fingerprint density at radius 2 is 1.90 bits per heavy atom. The van der Waals surface area contributed by atoms with E-state index in [9.17, 15) is 18.0 Å². The van der Waals surface area contributed by atoms with Crippen LogP contribution in [0.4, 0.5) is 0 Å². The number of sulfonamides is 1. The van der Waals surface area contributed by atoms with Crippen molar-refractivity contribution in [3.8, 4) is 0 Å². The van der Waals surface area contributed by atoms with Crippen LogP contribution in [0.5, 0.6) is 0 Å². The summed E-state index contributed by atoms with van der Waals surface area (Å²) in [6, 6.07) is 8.39. The van der Waals surface area contributed by atoms with Crippen LogP contribution in [-0.2, 0) is 27.8 Å². The van der Waals surface area contributed by atoms with Gasteiger partial charge in [0, 0.05) is 49.6 Å². The lowest BCUT2D eigenvalue weighted by molar-refractivity contribution is -0.119. The first-order valence-electron chi connectivity index (χ1n) is 10.1. The van der Waals surface area contributed by atoms with Gasteiger partial charge in [0.05, 0.1) is 4.90 Å². The topological polar surface area (TPSA) is 86.8 Å². The van der Waals surface area contributed by atoms with Gasteiger partial charge in [0.2, 0.25) is 15.9 Å². The fourth-order valence-electron chi connectivity index (χ4n) is 4.06. The maximum absolute atomic E-state index is 13.2. The van der Waals surface area contributed by atoms with Gasteiger partial charge in [-0.05, 0) is 54.5 Å². The van der Waals surface area contributed by atoms with Crippen molar-refractivity contribution in [1.82, 2.24) is 14.5 Å². The summed E-state index contributed by atoms with van der Waals surface area (Å²) in [6.07, 6.45) is 2.11. The highest BCUT2D eigenvalue weighted by Gasteiger charge is 2.30. The molecule has 0 spiro atoms. The molecule has 1 fully saturated rings. The van der Waals surface area contributed by atoms with Crippen molar-refractivity contribution in [1.29, 1.82) is 0 Å². The molecule has 4 rings (SSSR count). The third kappa shape index (κ3) is 4.28. The molecule has 0 aliphatic carbocycles. The molecule has 30 heavy (non-hydrogen) atoms. The number of amides is 2. The zero-order valence-electron chi connectivity index (χ0n) is 16.8. The van der Waals surface area contributed by atoms with Gasteiger partial charge in [-0.1, -0.05) is 6.07 Å². The van der Waals surface area contributed by atoms with Crippen molar-refractivity contribution in [3.05, 3.63) is 51.7 Å². The number of nitrogens with one attached hydrogen (secondary N) is 1. The van der Waals surface area contributed by atoms with Crippen molar-refractivity contribution in [3.63, 3.8) is 0 Å². The maximum atomic E-state index is 13.2. The molecule has 160 valence electrons. The highest BCUT2D eigenvalue weighted by Crippen LogP contribution is 2.28. The van der Waals surface area contributed by atoms with Crippen LogP contribution in [0.25, 0.3) is 0 Å². The van der Waals surface area contributed by atoms with Gasteiger partial charge >= 0.3 is 0 Å². The lowest BCUT2D eigenvalue weighted by Crippen LogP contribution is -2.46. The highest BCUT2D eigenvalue weighted by molar-refractivity contribution is 7.89. The number of likely N-dealkylation sites (tertiary alicyclic amines) is 1. The van der Waals surface area contributed by atoms with Gasteiger partial charge in [0.1, 0.15) is 0 Å². The van der Waals surface area contributed by atoms with Gasteiger partial charge in [-0.3, -0.25) is 9.59 Å². The number of benzene rings is 1. The first-order chi connectivity index (χ1) is 14.3. The number of carbonyl (C=O) groups excluding carboxylic acids is 2. The van der Waals surface area contributed by atoms with Crippen LogP contribution in [0.3, 0.4) is 0 Å².